The van der Waals surface area contributed by atoms with Gasteiger partial charge in [0, 0.05) is 11.1 Å². The first-order valence-electron chi connectivity index (χ1n) is 8.24. The van der Waals surface area contributed by atoms with Crippen molar-refractivity contribution >= 4 is 11.0 Å². The second kappa shape index (κ2) is 6.48. The monoisotopic (exact) mass is 346 g/mol. The van der Waals surface area contributed by atoms with Crippen molar-refractivity contribution in [2.24, 2.45) is 0 Å². The van der Waals surface area contributed by atoms with Gasteiger partial charge in [-0.2, -0.15) is 0 Å². The van der Waals surface area contributed by atoms with Crippen molar-refractivity contribution in [1.82, 2.24) is 0 Å². The fourth-order valence-electron chi connectivity index (χ4n) is 3.11. The number of phenolic OH excluding ortho intramolecular Hbond substituents is 1. The smallest absolute Gasteiger partial charge is 0.143 e. The van der Waals surface area contributed by atoms with Crippen LogP contribution in [0.3, 0.4) is 0 Å². The lowest BCUT2D eigenvalue weighted by Crippen LogP contribution is -1.85. The predicted molar refractivity (Wildman–Crippen MR) is 102 cm³/mol. The summed E-state index contributed by atoms with van der Waals surface area (Å²) in [6.07, 6.45) is 0. The SMILES string of the molecule is COc1ccc(-c2oc3cccc(O)c3c2-c2ccc(OC)cc2)cc1. The number of benzene rings is 3. The highest BCUT2D eigenvalue weighted by molar-refractivity contribution is 6.04. The van der Waals surface area contributed by atoms with Crippen LogP contribution in [0.1, 0.15) is 0 Å². The molecule has 26 heavy (non-hydrogen) atoms. The molecule has 4 rings (SSSR count). The topological polar surface area (TPSA) is 51.8 Å². The number of ether oxygens (including phenoxy) is 2. The van der Waals surface area contributed by atoms with Crippen LogP contribution in [0.4, 0.5) is 0 Å². The summed E-state index contributed by atoms with van der Waals surface area (Å²) >= 11 is 0. The van der Waals surface area contributed by atoms with Crippen molar-refractivity contribution in [3.05, 3.63) is 66.7 Å². The van der Waals surface area contributed by atoms with Gasteiger partial charge in [0.05, 0.1) is 19.6 Å². The lowest BCUT2D eigenvalue weighted by molar-refractivity contribution is 0.414. The maximum Gasteiger partial charge on any atom is 0.143 e. The fraction of sp³-hybridized carbons (Fsp3) is 0.0909. The predicted octanol–water partition coefficient (Wildman–Crippen LogP) is 5.49. The average Bonchev–Trinajstić information content (AvgIpc) is 3.09. The summed E-state index contributed by atoms with van der Waals surface area (Å²) < 4.78 is 16.6. The van der Waals surface area contributed by atoms with Crippen LogP contribution in [-0.4, -0.2) is 19.3 Å². The van der Waals surface area contributed by atoms with Crippen molar-refractivity contribution in [2.45, 2.75) is 0 Å². The van der Waals surface area contributed by atoms with Crippen molar-refractivity contribution in [1.29, 1.82) is 0 Å². The summed E-state index contributed by atoms with van der Waals surface area (Å²) in [6.45, 7) is 0. The second-order valence-corrected chi connectivity index (χ2v) is 5.91. The maximum absolute atomic E-state index is 10.5. The Balaban J connectivity index is 1.98. The minimum Gasteiger partial charge on any atom is -0.507 e. The highest BCUT2D eigenvalue weighted by Crippen LogP contribution is 2.44. The Kier molecular flexibility index (Phi) is 4.01. The number of fused-ring (bicyclic) bond motifs is 1. The Morgan fingerprint density at radius 3 is 1.88 bits per heavy atom. The maximum atomic E-state index is 10.5. The lowest BCUT2D eigenvalue weighted by atomic mass is 9.98. The van der Waals surface area contributed by atoms with Gasteiger partial charge in [-0.05, 0) is 54.1 Å². The van der Waals surface area contributed by atoms with Crippen LogP contribution < -0.4 is 9.47 Å². The number of methoxy groups -OCH3 is 2. The third kappa shape index (κ3) is 2.65. The van der Waals surface area contributed by atoms with E-state index in [0.29, 0.717) is 16.7 Å². The first-order valence-corrected chi connectivity index (χ1v) is 8.24. The molecule has 0 radical (unpaired) electrons. The zero-order valence-corrected chi connectivity index (χ0v) is 14.5. The molecule has 0 saturated heterocycles. The average molecular weight is 346 g/mol. The third-order valence-electron chi connectivity index (χ3n) is 4.42. The van der Waals surface area contributed by atoms with Crippen LogP contribution in [0.2, 0.25) is 0 Å². The van der Waals surface area contributed by atoms with Crippen LogP contribution in [0.25, 0.3) is 33.4 Å². The summed E-state index contributed by atoms with van der Waals surface area (Å²) in [5.74, 6) is 2.45. The molecule has 1 heterocycles. The molecule has 0 spiro atoms. The standard InChI is InChI=1S/C22H18O4/c1-24-16-10-6-14(7-11-16)20-21-18(23)4-3-5-19(21)26-22(20)15-8-12-17(25-2)13-9-15/h3-13,23H,1-2H3. The Labute approximate surface area is 151 Å². The summed E-state index contributed by atoms with van der Waals surface area (Å²) in [6, 6.07) is 20.7. The fourth-order valence-corrected chi connectivity index (χ4v) is 3.11. The molecule has 0 aliphatic carbocycles. The first-order chi connectivity index (χ1) is 12.7. The summed E-state index contributed by atoms with van der Waals surface area (Å²) in [7, 11) is 3.27. The Morgan fingerprint density at radius 2 is 1.31 bits per heavy atom. The van der Waals surface area contributed by atoms with Crippen molar-refractivity contribution in [3.63, 3.8) is 0 Å². The molecule has 4 aromatic rings. The summed E-state index contributed by atoms with van der Waals surface area (Å²) in [5, 5.41) is 11.1. The third-order valence-corrected chi connectivity index (χ3v) is 4.42. The van der Waals surface area contributed by atoms with Crippen LogP contribution in [0.15, 0.2) is 71.1 Å². The largest absolute Gasteiger partial charge is 0.507 e. The lowest BCUT2D eigenvalue weighted by Gasteiger charge is -2.07. The van der Waals surface area contributed by atoms with Gasteiger partial charge in [0.15, 0.2) is 0 Å². The molecule has 0 bridgehead atoms. The minimum atomic E-state index is 0.192. The van der Waals surface area contributed by atoms with E-state index in [0.717, 1.165) is 28.2 Å². The molecule has 0 atom stereocenters. The molecule has 0 aliphatic rings. The highest BCUT2D eigenvalue weighted by Gasteiger charge is 2.20. The van der Waals surface area contributed by atoms with Crippen molar-refractivity contribution in [3.8, 4) is 39.7 Å². The van der Waals surface area contributed by atoms with E-state index in [4.69, 9.17) is 13.9 Å². The van der Waals surface area contributed by atoms with E-state index in [-0.39, 0.29) is 5.75 Å². The number of rotatable bonds is 4. The van der Waals surface area contributed by atoms with Crippen LogP contribution >= 0.6 is 0 Å². The van der Waals surface area contributed by atoms with Gasteiger partial charge in [-0.15, -0.1) is 0 Å². The molecule has 0 fully saturated rings. The Hall–Kier alpha value is -3.40. The van der Waals surface area contributed by atoms with Crippen LogP contribution in [0, 0.1) is 0 Å². The van der Waals surface area contributed by atoms with Gasteiger partial charge >= 0.3 is 0 Å². The Morgan fingerprint density at radius 1 is 0.731 bits per heavy atom. The van der Waals surface area contributed by atoms with E-state index >= 15 is 0 Å². The quantitative estimate of drug-likeness (QED) is 0.531. The van der Waals surface area contributed by atoms with Crippen molar-refractivity contribution in [2.75, 3.05) is 14.2 Å². The first kappa shape index (κ1) is 16.1. The van der Waals surface area contributed by atoms with E-state index in [1.165, 1.54) is 0 Å². The molecule has 0 unspecified atom stereocenters. The van der Waals surface area contributed by atoms with Gasteiger partial charge in [-0.3, -0.25) is 0 Å². The van der Waals surface area contributed by atoms with Crippen molar-refractivity contribution < 1.29 is 19.0 Å². The number of aromatic hydroxyl groups is 1. The second-order valence-electron chi connectivity index (χ2n) is 5.91. The molecule has 3 aromatic carbocycles. The van der Waals surface area contributed by atoms with E-state index in [1.807, 2.05) is 54.6 Å². The molecule has 130 valence electrons. The molecule has 0 aliphatic heterocycles. The molecule has 1 aromatic heterocycles. The number of phenols is 1. The highest BCUT2D eigenvalue weighted by atomic mass is 16.5. The number of hydrogen-bond acceptors (Lipinski definition) is 4. The minimum absolute atomic E-state index is 0.192. The molecule has 0 saturated carbocycles. The Bertz CT molecular complexity index is 1040. The molecule has 4 nitrogen and oxygen atoms in total. The van der Waals surface area contributed by atoms with Crippen LogP contribution in [-0.2, 0) is 0 Å². The molecule has 4 heteroatoms. The molecular weight excluding hydrogens is 328 g/mol. The van der Waals surface area contributed by atoms with E-state index in [2.05, 4.69) is 0 Å². The van der Waals surface area contributed by atoms with E-state index in [9.17, 15) is 5.11 Å². The van der Waals surface area contributed by atoms with E-state index < -0.39 is 0 Å². The van der Waals surface area contributed by atoms with Gasteiger partial charge in [0.25, 0.3) is 0 Å². The molecular formula is C22H18O4. The molecule has 0 amide bonds. The van der Waals surface area contributed by atoms with E-state index in [1.54, 1.807) is 26.4 Å². The van der Waals surface area contributed by atoms with Gasteiger partial charge in [0.1, 0.15) is 28.6 Å². The van der Waals surface area contributed by atoms with Gasteiger partial charge in [-0.25, -0.2) is 0 Å². The van der Waals surface area contributed by atoms with Gasteiger partial charge in [0.2, 0.25) is 0 Å². The summed E-state index contributed by atoms with van der Waals surface area (Å²) in [5.41, 5.74) is 3.34. The summed E-state index contributed by atoms with van der Waals surface area (Å²) in [4.78, 5) is 0. The zero-order valence-electron chi connectivity index (χ0n) is 14.5. The zero-order chi connectivity index (χ0) is 18.1. The molecule has 1 N–H and O–H groups in total. The number of furan rings is 1. The normalized spacial score (nSPS) is 10.8. The van der Waals surface area contributed by atoms with Gasteiger partial charge in [-0.1, -0.05) is 18.2 Å². The number of hydrogen-bond donors (Lipinski definition) is 1. The van der Waals surface area contributed by atoms with Gasteiger partial charge < -0.3 is 19.0 Å². The van der Waals surface area contributed by atoms with Crippen LogP contribution in [0.5, 0.6) is 17.2 Å².